The van der Waals surface area contributed by atoms with Gasteiger partial charge in [0, 0.05) is 0 Å². The molecule has 1 unspecified atom stereocenters. The Bertz CT molecular complexity index is 371. The van der Waals surface area contributed by atoms with Crippen LogP contribution in [0.4, 0.5) is 0 Å². The van der Waals surface area contributed by atoms with Gasteiger partial charge in [0.1, 0.15) is 0 Å². The van der Waals surface area contributed by atoms with Gasteiger partial charge in [0.05, 0.1) is 18.3 Å². The van der Waals surface area contributed by atoms with E-state index in [-0.39, 0.29) is 12.2 Å². The summed E-state index contributed by atoms with van der Waals surface area (Å²) in [4.78, 5) is 10.9. The van der Waals surface area contributed by atoms with Crippen molar-refractivity contribution in [3.63, 3.8) is 0 Å². The lowest BCUT2D eigenvalue weighted by atomic mass is 10.1. The molecule has 0 radical (unpaired) electrons. The van der Waals surface area contributed by atoms with E-state index >= 15 is 0 Å². The second kappa shape index (κ2) is 5.07. The Balaban J connectivity index is 3.03. The van der Waals surface area contributed by atoms with E-state index in [2.05, 4.69) is 10.3 Å². The molecule has 6 nitrogen and oxygen atoms in total. The van der Waals surface area contributed by atoms with Crippen LogP contribution in [0.1, 0.15) is 37.0 Å². The second-order valence-electron chi connectivity index (χ2n) is 4.32. The van der Waals surface area contributed by atoms with Gasteiger partial charge >= 0.3 is 5.97 Å². The van der Waals surface area contributed by atoms with Crippen molar-refractivity contribution in [3.8, 4) is 0 Å². The third-order valence-electron chi connectivity index (χ3n) is 2.08. The average Bonchev–Trinajstić information content (AvgIpc) is 2.47. The van der Waals surface area contributed by atoms with Gasteiger partial charge in [-0.2, -0.15) is 0 Å². The number of aliphatic hydroxyl groups excluding tert-OH is 1. The highest BCUT2D eigenvalue weighted by Gasteiger charge is 2.20. The van der Waals surface area contributed by atoms with E-state index in [9.17, 15) is 9.90 Å². The maximum absolute atomic E-state index is 10.9. The molecule has 0 fully saturated rings. The van der Waals surface area contributed by atoms with Crippen molar-refractivity contribution in [3.05, 3.63) is 11.4 Å². The summed E-state index contributed by atoms with van der Waals surface area (Å²) in [7, 11) is 0. The summed E-state index contributed by atoms with van der Waals surface area (Å²) in [6.45, 7) is 5.88. The summed E-state index contributed by atoms with van der Waals surface area (Å²) >= 11 is 0. The molecule has 0 saturated carbocycles. The largest absolute Gasteiger partial charge is 0.476 e. The molecule has 16 heavy (non-hydrogen) atoms. The smallest absolute Gasteiger partial charge is 0.358 e. The van der Waals surface area contributed by atoms with Crippen molar-refractivity contribution >= 4 is 5.97 Å². The van der Waals surface area contributed by atoms with Crippen molar-refractivity contribution in [1.82, 2.24) is 15.0 Å². The monoisotopic (exact) mass is 227 g/mol. The molecule has 0 aliphatic heterocycles. The van der Waals surface area contributed by atoms with Gasteiger partial charge in [-0.05, 0) is 19.3 Å². The first kappa shape index (κ1) is 12.6. The minimum Gasteiger partial charge on any atom is -0.476 e. The number of aliphatic hydroxyl groups is 1. The molecule has 0 aliphatic carbocycles. The number of hydrogen-bond acceptors (Lipinski definition) is 4. The van der Waals surface area contributed by atoms with E-state index in [1.807, 2.05) is 13.8 Å². The minimum absolute atomic E-state index is 0.0191. The molecule has 1 rings (SSSR count). The molecule has 0 bridgehead atoms. The predicted octanol–water partition coefficient (Wildman–Crippen LogP) is 0.556. The Hall–Kier alpha value is -1.43. The lowest BCUT2D eigenvalue weighted by molar-refractivity contribution is 0.0688. The number of carbonyl (C=O) groups is 1. The molecule has 6 heteroatoms. The quantitative estimate of drug-likeness (QED) is 0.767. The summed E-state index contributed by atoms with van der Waals surface area (Å²) in [5.74, 6) is -0.767. The maximum Gasteiger partial charge on any atom is 0.358 e. The zero-order valence-corrected chi connectivity index (χ0v) is 9.71. The fourth-order valence-electron chi connectivity index (χ4n) is 1.48. The summed E-state index contributed by atoms with van der Waals surface area (Å²) in [5.41, 5.74) is 0.553. The topological polar surface area (TPSA) is 88.2 Å². The van der Waals surface area contributed by atoms with E-state index < -0.39 is 12.1 Å². The van der Waals surface area contributed by atoms with Gasteiger partial charge in [-0.3, -0.25) is 0 Å². The van der Waals surface area contributed by atoms with Crippen molar-refractivity contribution in [1.29, 1.82) is 0 Å². The number of rotatable bonds is 5. The van der Waals surface area contributed by atoms with E-state index in [1.54, 1.807) is 6.92 Å². The highest BCUT2D eigenvalue weighted by atomic mass is 16.4. The molecule has 1 aromatic rings. The molecule has 2 N–H and O–H groups in total. The Labute approximate surface area is 93.9 Å². The number of aromatic nitrogens is 3. The molecular formula is C10H17N3O3. The van der Waals surface area contributed by atoms with Crippen molar-refractivity contribution in [2.75, 3.05) is 0 Å². The third-order valence-corrected chi connectivity index (χ3v) is 2.08. The van der Waals surface area contributed by atoms with Crippen LogP contribution >= 0.6 is 0 Å². The van der Waals surface area contributed by atoms with Crippen LogP contribution in [-0.4, -0.2) is 37.3 Å². The first-order chi connectivity index (χ1) is 7.41. The van der Waals surface area contributed by atoms with E-state index in [1.165, 1.54) is 4.68 Å². The van der Waals surface area contributed by atoms with Gasteiger partial charge in [-0.25, -0.2) is 9.48 Å². The lowest BCUT2D eigenvalue weighted by Crippen LogP contribution is -2.17. The zero-order chi connectivity index (χ0) is 12.3. The van der Waals surface area contributed by atoms with Gasteiger partial charge in [-0.1, -0.05) is 19.1 Å². The van der Waals surface area contributed by atoms with Crippen molar-refractivity contribution in [2.24, 2.45) is 5.92 Å². The molecule has 1 heterocycles. The molecule has 1 atom stereocenters. The summed E-state index contributed by atoms with van der Waals surface area (Å²) in [6.07, 6.45) is 0.00991. The van der Waals surface area contributed by atoms with Crippen LogP contribution in [0.25, 0.3) is 0 Å². The van der Waals surface area contributed by atoms with Crippen LogP contribution in [0.5, 0.6) is 0 Å². The average molecular weight is 227 g/mol. The number of carboxylic acid groups (broad SMARTS) is 1. The van der Waals surface area contributed by atoms with E-state index in [0.717, 1.165) is 0 Å². The maximum atomic E-state index is 10.9. The Kier molecular flexibility index (Phi) is 4.00. The van der Waals surface area contributed by atoms with Crippen LogP contribution < -0.4 is 0 Å². The SMILES string of the molecule is CC(C)Cc1c(C(=O)O)nnn1CC(C)O. The van der Waals surface area contributed by atoms with E-state index in [0.29, 0.717) is 18.0 Å². The summed E-state index contributed by atoms with van der Waals surface area (Å²) in [6, 6.07) is 0. The molecule has 0 spiro atoms. The van der Waals surface area contributed by atoms with Gasteiger partial charge in [0.2, 0.25) is 0 Å². The molecule has 0 aromatic carbocycles. The fourth-order valence-corrected chi connectivity index (χ4v) is 1.48. The van der Waals surface area contributed by atoms with Gasteiger partial charge in [-0.15, -0.1) is 5.10 Å². The van der Waals surface area contributed by atoms with Gasteiger partial charge < -0.3 is 10.2 Å². The van der Waals surface area contributed by atoms with Crippen LogP contribution in [0.2, 0.25) is 0 Å². The molecule has 0 aliphatic rings. The van der Waals surface area contributed by atoms with E-state index in [4.69, 9.17) is 5.11 Å². The second-order valence-corrected chi connectivity index (χ2v) is 4.32. The van der Waals surface area contributed by atoms with Crippen LogP contribution in [0, 0.1) is 5.92 Å². The van der Waals surface area contributed by atoms with Crippen LogP contribution in [0.3, 0.4) is 0 Å². The zero-order valence-electron chi connectivity index (χ0n) is 9.71. The van der Waals surface area contributed by atoms with Gasteiger partial charge in [0.15, 0.2) is 5.69 Å². The molecule has 0 amide bonds. The van der Waals surface area contributed by atoms with Crippen molar-refractivity contribution < 1.29 is 15.0 Å². The summed E-state index contributed by atoms with van der Waals surface area (Å²) in [5, 5.41) is 25.6. The fraction of sp³-hybridized carbons (Fsp3) is 0.700. The molecular weight excluding hydrogens is 210 g/mol. The molecule has 90 valence electrons. The number of carboxylic acids is 1. The standard InChI is InChI=1S/C10H17N3O3/c1-6(2)4-8-9(10(15)16)11-12-13(8)5-7(3)14/h6-7,14H,4-5H2,1-3H3,(H,15,16). The van der Waals surface area contributed by atoms with Crippen LogP contribution in [-0.2, 0) is 13.0 Å². The molecule has 0 saturated heterocycles. The minimum atomic E-state index is -1.08. The third kappa shape index (κ3) is 3.03. The number of aromatic carboxylic acids is 1. The molecule has 1 aromatic heterocycles. The Morgan fingerprint density at radius 2 is 2.06 bits per heavy atom. The normalized spacial score (nSPS) is 13.1. The number of nitrogens with zero attached hydrogens (tertiary/aromatic N) is 3. The number of hydrogen-bond donors (Lipinski definition) is 2. The highest BCUT2D eigenvalue weighted by Crippen LogP contribution is 2.12. The highest BCUT2D eigenvalue weighted by molar-refractivity contribution is 5.86. The van der Waals surface area contributed by atoms with Gasteiger partial charge in [0.25, 0.3) is 0 Å². The Morgan fingerprint density at radius 3 is 2.50 bits per heavy atom. The predicted molar refractivity (Wildman–Crippen MR) is 57.2 cm³/mol. The first-order valence-corrected chi connectivity index (χ1v) is 5.25. The lowest BCUT2D eigenvalue weighted by Gasteiger charge is -2.10. The van der Waals surface area contributed by atoms with Crippen LogP contribution in [0.15, 0.2) is 0 Å². The summed E-state index contributed by atoms with van der Waals surface area (Å²) < 4.78 is 1.47. The van der Waals surface area contributed by atoms with Crippen molar-refractivity contribution in [2.45, 2.75) is 39.8 Å². The Morgan fingerprint density at radius 1 is 1.44 bits per heavy atom. The first-order valence-electron chi connectivity index (χ1n) is 5.25.